The summed E-state index contributed by atoms with van der Waals surface area (Å²) in [6.07, 6.45) is -1.87. The standard InChI is InChI=1S/C11H9F3N2O2/c1-16-6-7(5-15-16)9-4-8(17)2-3-10(9)18-11(12,13)14/h2-6,17H,1H3. The van der Waals surface area contributed by atoms with Gasteiger partial charge in [0.15, 0.2) is 0 Å². The molecule has 2 aromatic rings. The number of ether oxygens (including phenoxy) is 1. The average Bonchev–Trinajstić information content (AvgIpc) is 2.65. The monoisotopic (exact) mass is 258 g/mol. The van der Waals surface area contributed by atoms with Gasteiger partial charge in [0.2, 0.25) is 0 Å². The fraction of sp³-hybridized carbons (Fsp3) is 0.182. The Morgan fingerprint density at radius 1 is 1.33 bits per heavy atom. The average molecular weight is 258 g/mol. The van der Waals surface area contributed by atoms with Crippen LogP contribution in [-0.4, -0.2) is 21.2 Å². The van der Waals surface area contributed by atoms with E-state index in [9.17, 15) is 18.3 Å². The number of nitrogens with zero attached hydrogens (tertiary/aromatic N) is 2. The summed E-state index contributed by atoms with van der Waals surface area (Å²) in [5, 5.41) is 13.2. The van der Waals surface area contributed by atoms with Gasteiger partial charge in [-0.2, -0.15) is 5.10 Å². The number of rotatable bonds is 2. The molecule has 0 aliphatic rings. The first-order valence-corrected chi connectivity index (χ1v) is 4.93. The van der Waals surface area contributed by atoms with Crippen molar-refractivity contribution in [3.63, 3.8) is 0 Å². The van der Waals surface area contributed by atoms with Crippen molar-refractivity contribution in [2.75, 3.05) is 0 Å². The molecule has 0 spiro atoms. The molecule has 96 valence electrons. The molecule has 0 aliphatic heterocycles. The number of aromatic nitrogens is 2. The van der Waals surface area contributed by atoms with Crippen LogP contribution < -0.4 is 4.74 Å². The zero-order valence-corrected chi connectivity index (χ0v) is 9.27. The molecule has 0 fully saturated rings. The van der Waals surface area contributed by atoms with Crippen LogP contribution in [0.1, 0.15) is 0 Å². The number of phenolic OH excluding ortho intramolecular Hbond substituents is 1. The lowest BCUT2D eigenvalue weighted by molar-refractivity contribution is -0.274. The van der Waals surface area contributed by atoms with Gasteiger partial charge in [0.1, 0.15) is 11.5 Å². The van der Waals surface area contributed by atoms with Crippen molar-refractivity contribution in [2.45, 2.75) is 6.36 Å². The topological polar surface area (TPSA) is 47.3 Å². The first kappa shape index (κ1) is 12.3. The molecule has 0 unspecified atom stereocenters. The number of aromatic hydroxyl groups is 1. The summed E-state index contributed by atoms with van der Waals surface area (Å²) >= 11 is 0. The molecule has 0 atom stereocenters. The Hall–Kier alpha value is -2.18. The molecule has 0 saturated heterocycles. The summed E-state index contributed by atoms with van der Waals surface area (Å²) in [5.74, 6) is -0.531. The lowest BCUT2D eigenvalue weighted by Crippen LogP contribution is -2.17. The predicted octanol–water partition coefficient (Wildman–Crippen LogP) is 2.69. The molecule has 7 heteroatoms. The summed E-state index contributed by atoms with van der Waals surface area (Å²) in [4.78, 5) is 0. The highest BCUT2D eigenvalue weighted by Gasteiger charge is 2.32. The van der Waals surface area contributed by atoms with Gasteiger partial charge in [0.25, 0.3) is 0 Å². The molecule has 0 amide bonds. The first-order chi connectivity index (χ1) is 8.35. The minimum Gasteiger partial charge on any atom is -0.508 e. The highest BCUT2D eigenvalue weighted by molar-refractivity contribution is 5.70. The Labute approximate surface area is 100 Å². The van der Waals surface area contributed by atoms with Crippen LogP contribution in [-0.2, 0) is 7.05 Å². The summed E-state index contributed by atoms with van der Waals surface area (Å²) in [5.41, 5.74) is 0.549. The Morgan fingerprint density at radius 3 is 2.61 bits per heavy atom. The number of alkyl halides is 3. The van der Waals surface area contributed by atoms with Crippen LogP contribution in [0.4, 0.5) is 13.2 Å². The van der Waals surface area contributed by atoms with E-state index in [1.807, 2.05) is 0 Å². The fourth-order valence-electron chi connectivity index (χ4n) is 1.52. The van der Waals surface area contributed by atoms with Gasteiger partial charge in [0, 0.05) is 24.4 Å². The van der Waals surface area contributed by atoms with Gasteiger partial charge in [-0.25, -0.2) is 0 Å². The Balaban J connectivity index is 2.47. The Morgan fingerprint density at radius 2 is 2.06 bits per heavy atom. The van der Waals surface area contributed by atoms with Gasteiger partial charge in [-0.3, -0.25) is 4.68 Å². The molecule has 0 bridgehead atoms. The van der Waals surface area contributed by atoms with Gasteiger partial charge >= 0.3 is 6.36 Å². The van der Waals surface area contributed by atoms with Crippen molar-refractivity contribution in [1.82, 2.24) is 9.78 Å². The lowest BCUT2D eigenvalue weighted by Gasteiger charge is -2.12. The van der Waals surface area contributed by atoms with Crippen molar-refractivity contribution in [2.24, 2.45) is 7.05 Å². The van der Waals surface area contributed by atoms with Crippen molar-refractivity contribution in [3.05, 3.63) is 30.6 Å². The Bertz CT molecular complexity index is 564. The molecule has 18 heavy (non-hydrogen) atoms. The van der Waals surface area contributed by atoms with E-state index < -0.39 is 6.36 Å². The molecule has 1 heterocycles. The van der Waals surface area contributed by atoms with Gasteiger partial charge in [-0.1, -0.05) is 0 Å². The second-order valence-corrected chi connectivity index (χ2v) is 3.63. The summed E-state index contributed by atoms with van der Waals surface area (Å²) in [6, 6.07) is 3.38. The van der Waals surface area contributed by atoms with Crippen molar-refractivity contribution >= 4 is 0 Å². The van der Waals surface area contributed by atoms with Crippen molar-refractivity contribution in [3.8, 4) is 22.6 Å². The normalized spacial score (nSPS) is 11.6. The van der Waals surface area contributed by atoms with E-state index >= 15 is 0 Å². The summed E-state index contributed by atoms with van der Waals surface area (Å²) < 4.78 is 42.1. The Kier molecular flexibility index (Phi) is 2.90. The van der Waals surface area contributed by atoms with Crippen LogP contribution in [0.15, 0.2) is 30.6 Å². The van der Waals surface area contributed by atoms with Gasteiger partial charge in [-0.15, -0.1) is 13.2 Å². The molecule has 4 nitrogen and oxygen atoms in total. The zero-order chi connectivity index (χ0) is 13.3. The van der Waals surface area contributed by atoms with Gasteiger partial charge < -0.3 is 9.84 Å². The van der Waals surface area contributed by atoms with Crippen LogP contribution in [0.3, 0.4) is 0 Å². The third kappa shape index (κ3) is 2.73. The fourth-order valence-corrected chi connectivity index (χ4v) is 1.52. The van der Waals surface area contributed by atoms with E-state index in [4.69, 9.17) is 0 Å². The number of benzene rings is 1. The largest absolute Gasteiger partial charge is 0.573 e. The van der Waals surface area contributed by atoms with Crippen LogP contribution >= 0.6 is 0 Å². The number of halogens is 3. The van der Waals surface area contributed by atoms with Gasteiger partial charge in [-0.05, 0) is 18.2 Å². The SMILES string of the molecule is Cn1cc(-c2cc(O)ccc2OC(F)(F)F)cn1. The van der Waals surface area contributed by atoms with Crippen LogP contribution in [0.2, 0.25) is 0 Å². The van der Waals surface area contributed by atoms with Crippen LogP contribution in [0.5, 0.6) is 11.5 Å². The van der Waals surface area contributed by atoms with Crippen LogP contribution in [0, 0.1) is 0 Å². The molecule has 1 N–H and O–H groups in total. The predicted molar refractivity (Wildman–Crippen MR) is 57.0 cm³/mol. The summed E-state index contributed by atoms with van der Waals surface area (Å²) in [6.45, 7) is 0. The molecular formula is C11H9F3N2O2. The maximum absolute atomic E-state index is 12.2. The molecule has 1 aromatic carbocycles. The van der Waals surface area contributed by atoms with Crippen molar-refractivity contribution in [1.29, 1.82) is 0 Å². The third-order valence-corrected chi connectivity index (χ3v) is 2.20. The zero-order valence-electron chi connectivity index (χ0n) is 9.27. The van der Waals surface area contributed by atoms with E-state index in [1.54, 1.807) is 7.05 Å². The van der Waals surface area contributed by atoms with Gasteiger partial charge in [0.05, 0.1) is 6.20 Å². The van der Waals surface area contributed by atoms with E-state index in [2.05, 4.69) is 9.84 Å². The number of hydrogen-bond donors (Lipinski definition) is 1. The summed E-state index contributed by atoms with van der Waals surface area (Å²) in [7, 11) is 1.64. The molecule has 1 aromatic heterocycles. The second-order valence-electron chi connectivity index (χ2n) is 3.63. The first-order valence-electron chi connectivity index (χ1n) is 4.93. The second kappa shape index (κ2) is 4.25. The molecule has 2 rings (SSSR count). The molecule has 0 saturated carbocycles. The van der Waals surface area contributed by atoms with E-state index in [-0.39, 0.29) is 17.1 Å². The van der Waals surface area contributed by atoms with Crippen molar-refractivity contribution < 1.29 is 23.0 Å². The molecule has 0 aliphatic carbocycles. The third-order valence-electron chi connectivity index (χ3n) is 2.20. The number of phenols is 1. The number of hydrogen-bond acceptors (Lipinski definition) is 3. The maximum atomic E-state index is 12.2. The van der Waals surface area contributed by atoms with E-state index in [0.717, 1.165) is 12.1 Å². The molecule has 0 radical (unpaired) electrons. The maximum Gasteiger partial charge on any atom is 0.573 e. The van der Waals surface area contributed by atoms with E-state index in [1.165, 1.54) is 23.1 Å². The van der Waals surface area contributed by atoms with Crippen LogP contribution in [0.25, 0.3) is 11.1 Å². The highest BCUT2D eigenvalue weighted by atomic mass is 19.4. The quantitative estimate of drug-likeness (QED) is 0.900. The van der Waals surface area contributed by atoms with E-state index in [0.29, 0.717) is 5.56 Å². The molecular weight excluding hydrogens is 249 g/mol. The minimum atomic E-state index is -4.78. The number of aryl methyl sites for hydroxylation is 1. The smallest absolute Gasteiger partial charge is 0.508 e. The lowest BCUT2D eigenvalue weighted by atomic mass is 10.1. The minimum absolute atomic E-state index is 0.125. The highest BCUT2D eigenvalue weighted by Crippen LogP contribution is 2.35.